The molecule has 0 aliphatic heterocycles. The molecule has 5 nitrogen and oxygen atoms in total. The Balaban J connectivity index is 2.30. The number of fused-ring (bicyclic) bond motifs is 1. The lowest BCUT2D eigenvalue weighted by Crippen LogP contribution is -2.13. The highest BCUT2D eigenvalue weighted by Gasteiger charge is 2.12. The van der Waals surface area contributed by atoms with E-state index < -0.39 is 5.91 Å². The fourth-order valence-electron chi connectivity index (χ4n) is 1.88. The van der Waals surface area contributed by atoms with Crippen molar-refractivity contribution in [3.05, 3.63) is 54.4 Å². The van der Waals surface area contributed by atoms with Gasteiger partial charge in [0.2, 0.25) is 6.33 Å². The minimum Gasteiger partial charge on any atom is -0.365 e. The molecule has 1 aromatic carbocycles. The Morgan fingerprint density at radius 3 is 2.67 bits per heavy atom. The number of rotatable bonds is 2. The molecule has 3 rings (SSSR count). The standard InChI is InChI=1S/C13H9N4O/c14-12(18)10-6-7-11(9-4-2-1-3-5-9)17-13(10)15-8-16-17/h1-7H,(H2,14,18). The molecule has 0 aliphatic rings. The number of aromatic nitrogens is 3. The second kappa shape index (κ2) is 3.96. The summed E-state index contributed by atoms with van der Waals surface area (Å²) < 4.78 is 1.56. The third-order valence-corrected chi connectivity index (χ3v) is 2.71. The molecule has 18 heavy (non-hydrogen) atoms. The normalized spacial score (nSPS) is 10.7. The molecule has 5 heteroatoms. The van der Waals surface area contributed by atoms with E-state index in [0.29, 0.717) is 11.2 Å². The van der Waals surface area contributed by atoms with E-state index in [2.05, 4.69) is 16.4 Å². The van der Waals surface area contributed by atoms with E-state index in [0.717, 1.165) is 11.3 Å². The zero-order valence-corrected chi connectivity index (χ0v) is 9.37. The number of benzene rings is 1. The van der Waals surface area contributed by atoms with Gasteiger partial charge in [0.1, 0.15) is 0 Å². The van der Waals surface area contributed by atoms with Crippen LogP contribution in [0.2, 0.25) is 0 Å². The SMILES string of the molecule is NC(=O)c1ccc(-c2ccccc2)n2n[c]nc12. The van der Waals surface area contributed by atoms with Crippen molar-refractivity contribution in [1.29, 1.82) is 0 Å². The van der Waals surface area contributed by atoms with Crippen LogP contribution in [0.5, 0.6) is 0 Å². The largest absolute Gasteiger partial charge is 0.365 e. The summed E-state index contributed by atoms with van der Waals surface area (Å²) in [6, 6.07) is 13.2. The van der Waals surface area contributed by atoms with Gasteiger partial charge in [0, 0.05) is 5.56 Å². The summed E-state index contributed by atoms with van der Waals surface area (Å²) in [6.07, 6.45) is 2.50. The number of hydrogen-bond acceptors (Lipinski definition) is 3. The highest BCUT2D eigenvalue weighted by Crippen LogP contribution is 2.21. The van der Waals surface area contributed by atoms with E-state index in [1.54, 1.807) is 16.6 Å². The van der Waals surface area contributed by atoms with E-state index in [-0.39, 0.29) is 0 Å². The molecule has 1 amide bonds. The summed E-state index contributed by atoms with van der Waals surface area (Å²) >= 11 is 0. The van der Waals surface area contributed by atoms with Crippen molar-refractivity contribution in [2.75, 3.05) is 0 Å². The van der Waals surface area contributed by atoms with Gasteiger partial charge < -0.3 is 5.73 Å². The van der Waals surface area contributed by atoms with Crippen molar-refractivity contribution in [3.8, 4) is 11.3 Å². The molecule has 1 radical (unpaired) electrons. The van der Waals surface area contributed by atoms with Crippen molar-refractivity contribution in [3.63, 3.8) is 0 Å². The number of hydrogen-bond donors (Lipinski definition) is 1. The van der Waals surface area contributed by atoms with Gasteiger partial charge >= 0.3 is 0 Å². The number of primary amides is 1. The quantitative estimate of drug-likeness (QED) is 0.730. The molecule has 0 saturated heterocycles. The van der Waals surface area contributed by atoms with E-state index in [1.165, 1.54) is 0 Å². The van der Waals surface area contributed by atoms with Crippen LogP contribution < -0.4 is 5.73 Å². The van der Waals surface area contributed by atoms with Crippen LogP contribution in [0.1, 0.15) is 10.4 Å². The van der Waals surface area contributed by atoms with Crippen LogP contribution in [0.15, 0.2) is 42.5 Å². The Kier molecular flexibility index (Phi) is 2.30. The Morgan fingerprint density at radius 2 is 1.94 bits per heavy atom. The number of nitrogens with zero attached hydrogens (tertiary/aromatic N) is 3. The van der Waals surface area contributed by atoms with Crippen LogP contribution in [0.25, 0.3) is 16.9 Å². The first-order chi connectivity index (χ1) is 8.77. The number of carbonyl (C=O) groups excluding carboxylic acids is 1. The number of nitrogens with two attached hydrogens (primary N) is 1. The molecule has 0 bridgehead atoms. The summed E-state index contributed by atoms with van der Waals surface area (Å²) in [7, 11) is 0. The van der Waals surface area contributed by atoms with Crippen LogP contribution in [0.4, 0.5) is 0 Å². The average molecular weight is 237 g/mol. The minimum atomic E-state index is -0.527. The summed E-state index contributed by atoms with van der Waals surface area (Å²) in [5.41, 5.74) is 7.87. The molecule has 0 saturated carbocycles. The monoisotopic (exact) mass is 237 g/mol. The van der Waals surface area contributed by atoms with Gasteiger partial charge in [-0.25, -0.2) is 9.50 Å². The first-order valence-electron chi connectivity index (χ1n) is 5.38. The van der Waals surface area contributed by atoms with Gasteiger partial charge in [-0.3, -0.25) is 4.79 Å². The zero-order valence-electron chi connectivity index (χ0n) is 9.37. The van der Waals surface area contributed by atoms with Crippen molar-refractivity contribution in [2.24, 2.45) is 5.73 Å². The first kappa shape index (κ1) is 10.5. The maximum absolute atomic E-state index is 11.3. The van der Waals surface area contributed by atoms with E-state index in [4.69, 9.17) is 5.73 Å². The third kappa shape index (κ3) is 1.53. The first-order valence-corrected chi connectivity index (χ1v) is 5.38. The maximum atomic E-state index is 11.3. The molecule has 0 atom stereocenters. The fourth-order valence-corrected chi connectivity index (χ4v) is 1.88. The maximum Gasteiger partial charge on any atom is 0.252 e. The summed E-state index contributed by atoms with van der Waals surface area (Å²) in [5, 5.41) is 4.01. The Morgan fingerprint density at radius 1 is 1.17 bits per heavy atom. The molecular weight excluding hydrogens is 228 g/mol. The van der Waals surface area contributed by atoms with Gasteiger partial charge in [0.05, 0.1) is 11.3 Å². The van der Waals surface area contributed by atoms with Crippen molar-refractivity contribution in [1.82, 2.24) is 14.6 Å². The molecule has 0 fully saturated rings. The molecular formula is C13H9N4O. The molecule has 87 valence electrons. The van der Waals surface area contributed by atoms with Crippen LogP contribution in [0.3, 0.4) is 0 Å². The van der Waals surface area contributed by atoms with Crippen molar-refractivity contribution >= 4 is 11.6 Å². The Hall–Kier alpha value is -2.69. The Labute approximate surface area is 103 Å². The highest BCUT2D eigenvalue weighted by atomic mass is 16.1. The zero-order chi connectivity index (χ0) is 12.5. The number of pyridine rings is 1. The van der Waals surface area contributed by atoms with E-state index in [1.807, 2.05) is 30.3 Å². The number of amides is 1. The molecule has 2 N–H and O–H groups in total. The van der Waals surface area contributed by atoms with Gasteiger partial charge in [-0.15, -0.1) is 5.10 Å². The smallest absolute Gasteiger partial charge is 0.252 e. The fraction of sp³-hybridized carbons (Fsp3) is 0. The van der Waals surface area contributed by atoms with Crippen molar-refractivity contribution < 1.29 is 4.79 Å². The number of carbonyl (C=O) groups is 1. The van der Waals surface area contributed by atoms with E-state index >= 15 is 0 Å². The van der Waals surface area contributed by atoms with Crippen LogP contribution in [-0.2, 0) is 0 Å². The highest BCUT2D eigenvalue weighted by molar-refractivity contribution is 5.99. The predicted molar refractivity (Wildman–Crippen MR) is 65.8 cm³/mol. The van der Waals surface area contributed by atoms with Crippen molar-refractivity contribution in [2.45, 2.75) is 0 Å². The molecule has 2 heterocycles. The van der Waals surface area contributed by atoms with Crippen LogP contribution in [0, 0.1) is 6.33 Å². The molecule has 0 unspecified atom stereocenters. The van der Waals surface area contributed by atoms with Crippen LogP contribution >= 0.6 is 0 Å². The van der Waals surface area contributed by atoms with Gasteiger partial charge in [-0.2, -0.15) is 0 Å². The average Bonchev–Trinajstić information content (AvgIpc) is 2.87. The van der Waals surface area contributed by atoms with Gasteiger partial charge in [-0.05, 0) is 12.1 Å². The molecule has 0 spiro atoms. The lowest BCUT2D eigenvalue weighted by molar-refractivity contribution is 0.100. The third-order valence-electron chi connectivity index (χ3n) is 2.71. The van der Waals surface area contributed by atoms with Gasteiger partial charge in [0.15, 0.2) is 5.65 Å². The summed E-state index contributed by atoms with van der Waals surface area (Å²) in [4.78, 5) is 15.2. The van der Waals surface area contributed by atoms with E-state index in [9.17, 15) is 4.79 Å². The minimum absolute atomic E-state index is 0.337. The molecule has 0 aliphatic carbocycles. The second-order valence-electron chi connectivity index (χ2n) is 3.81. The van der Waals surface area contributed by atoms with Gasteiger partial charge in [-0.1, -0.05) is 30.3 Å². The predicted octanol–water partition coefficient (Wildman–Crippen LogP) is 1.30. The lowest BCUT2D eigenvalue weighted by Gasteiger charge is -2.06. The Bertz CT molecular complexity index is 718. The van der Waals surface area contributed by atoms with Gasteiger partial charge in [0.25, 0.3) is 5.91 Å². The lowest BCUT2D eigenvalue weighted by atomic mass is 10.1. The topological polar surface area (TPSA) is 73.3 Å². The summed E-state index contributed by atoms with van der Waals surface area (Å²) in [5.74, 6) is -0.527. The molecule has 2 aromatic heterocycles. The summed E-state index contributed by atoms with van der Waals surface area (Å²) in [6.45, 7) is 0. The molecule has 3 aromatic rings. The van der Waals surface area contributed by atoms with Crippen LogP contribution in [-0.4, -0.2) is 20.5 Å². The second-order valence-corrected chi connectivity index (χ2v) is 3.81.